The van der Waals surface area contributed by atoms with E-state index in [9.17, 15) is 14.7 Å². The molecule has 0 saturated carbocycles. The maximum atomic E-state index is 15.4. The van der Waals surface area contributed by atoms with Crippen molar-refractivity contribution in [3.63, 3.8) is 0 Å². The third-order valence-electron chi connectivity index (χ3n) is 12.7. The molecular weight excluding hydrogens is 774 g/mol. The zero-order valence-corrected chi connectivity index (χ0v) is 34.4. The highest BCUT2D eigenvalue weighted by Crippen LogP contribution is 2.60. The molecule has 0 bridgehead atoms. The average Bonchev–Trinajstić information content (AvgIpc) is 3.82. The topological polar surface area (TPSA) is 99.6 Å². The first kappa shape index (κ1) is 37.6. The molecule has 2 fully saturated rings. The van der Waals surface area contributed by atoms with E-state index in [-0.39, 0.29) is 48.3 Å². The lowest BCUT2D eigenvalue weighted by Crippen LogP contribution is -2.52. The van der Waals surface area contributed by atoms with E-state index in [1.165, 1.54) is 5.19 Å². The summed E-state index contributed by atoms with van der Waals surface area (Å²) in [6.45, 7) is 8.04. The summed E-state index contributed by atoms with van der Waals surface area (Å²) in [6, 6.07) is 29.8. The van der Waals surface area contributed by atoms with Gasteiger partial charge in [0, 0.05) is 41.2 Å². The van der Waals surface area contributed by atoms with Crippen LogP contribution >= 0.6 is 15.9 Å². The Hall–Kier alpha value is -4.29. The number of rotatable bonds is 9. The number of hydrogen-bond acceptors (Lipinski definition) is 6. The number of benzene rings is 4. The highest BCUT2D eigenvalue weighted by atomic mass is 79.9. The minimum Gasteiger partial charge on any atom is -0.497 e. The van der Waals surface area contributed by atoms with E-state index in [4.69, 9.17) is 9.47 Å². The first-order chi connectivity index (χ1) is 26.5. The van der Waals surface area contributed by atoms with Crippen LogP contribution in [0.1, 0.15) is 48.4 Å². The van der Waals surface area contributed by atoms with E-state index >= 15 is 4.79 Å². The third-order valence-corrected chi connectivity index (χ3v) is 17.5. The van der Waals surface area contributed by atoms with Crippen LogP contribution in [0, 0.1) is 5.92 Å². The van der Waals surface area contributed by atoms with Crippen molar-refractivity contribution < 1.29 is 29.0 Å². The molecule has 55 heavy (non-hydrogen) atoms. The second kappa shape index (κ2) is 14.7. The van der Waals surface area contributed by atoms with Gasteiger partial charge in [0.15, 0.2) is 5.60 Å². The second-order valence-corrected chi connectivity index (χ2v) is 21.7. The van der Waals surface area contributed by atoms with Crippen molar-refractivity contribution in [3.8, 4) is 5.75 Å². The Morgan fingerprint density at radius 3 is 2.47 bits per heavy atom. The van der Waals surface area contributed by atoms with Gasteiger partial charge < -0.3 is 29.3 Å². The standard InChI is InChI=1S/C44H48BrN3O6Si/c1-28-42(55(3,4)36-17-15-35(53-2)16-18-36)39(24-41(51)47-26-31-11-6-5-10-30(31)22-34(47)27-49)54-44(28)37-23-32(45)14-19-38(37)48(43(44)52)25-29-9-7-12-33(21-29)46-20-8-13-40(46)50/h5-7,9-12,14-19,21,23,28,34,39,42,49H,8,13,20,22,24-27H2,1-4H3/t28-,34-,39+,42-,44+/m0/s1. The van der Waals surface area contributed by atoms with E-state index in [1.807, 2.05) is 87.5 Å². The molecular formula is C44H48BrN3O6Si. The van der Waals surface area contributed by atoms with Gasteiger partial charge in [-0.2, -0.15) is 0 Å². The molecule has 0 aromatic heterocycles. The number of aliphatic hydroxyl groups is 1. The number of carbonyl (C=O) groups is 3. The number of amides is 3. The van der Waals surface area contributed by atoms with Gasteiger partial charge in [-0.15, -0.1) is 0 Å². The maximum Gasteiger partial charge on any atom is 0.264 e. The Labute approximate surface area is 332 Å². The van der Waals surface area contributed by atoms with Crippen LogP contribution in [0.15, 0.2) is 95.5 Å². The number of aliphatic hydroxyl groups excluding tert-OH is 1. The van der Waals surface area contributed by atoms with Crippen molar-refractivity contribution in [1.29, 1.82) is 0 Å². The van der Waals surface area contributed by atoms with Crippen molar-refractivity contribution in [3.05, 3.63) is 118 Å². The predicted octanol–water partition coefficient (Wildman–Crippen LogP) is 6.68. The molecule has 4 aliphatic heterocycles. The molecule has 4 heterocycles. The Morgan fingerprint density at radius 1 is 1.00 bits per heavy atom. The lowest BCUT2D eigenvalue weighted by molar-refractivity contribution is -0.151. The fourth-order valence-corrected chi connectivity index (χ4v) is 14.3. The molecule has 0 unspecified atom stereocenters. The van der Waals surface area contributed by atoms with Crippen LogP contribution in [0.4, 0.5) is 11.4 Å². The van der Waals surface area contributed by atoms with E-state index in [0.29, 0.717) is 32.5 Å². The molecule has 2 saturated heterocycles. The van der Waals surface area contributed by atoms with E-state index in [0.717, 1.165) is 50.3 Å². The predicted molar refractivity (Wildman–Crippen MR) is 219 cm³/mol. The van der Waals surface area contributed by atoms with Gasteiger partial charge in [-0.1, -0.05) is 89.7 Å². The number of anilines is 2. The number of nitrogens with zero attached hydrogens (tertiary/aromatic N) is 3. The third kappa shape index (κ3) is 6.42. The summed E-state index contributed by atoms with van der Waals surface area (Å²) in [5, 5.41) is 11.7. The normalized spacial score (nSPS) is 24.8. The zero-order chi connectivity index (χ0) is 38.6. The molecule has 9 nitrogen and oxygen atoms in total. The summed E-state index contributed by atoms with van der Waals surface area (Å²) in [5.74, 6) is 0.370. The molecule has 1 N–H and O–H groups in total. The first-order valence-corrected chi connectivity index (χ1v) is 23.1. The maximum absolute atomic E-state index is 15.4. The molecule has 286 valence electrons. The summed E-state index contributed by atoms with van der Waals surface area (Å²) in [4.78, 5) is 48.0. The molecule has 4 aromatic rings. The van der Waals surface area contributed by atoms with Gasteiger partial charge >= 0.3 is 0 Å². The van der Waals surface area contributed by atoms with E-state index < -0.39 is 19.8 Å². The Morgan fingerprint density at radius 2 is 1.76 bits per heavy atom. The zero-order valence-electron chi connectivity index (χ0n) is 31.8. The van der Waals surface area contributed by atoms with Gasteiger partial charge in [-0.3, -0.25) is 14.4 Å². The van der Waals surface area contributed by atoms with Gasteiger partial charge in [0.05, 0.1) is 52.6 Å². The highest BCUT2D eigenvalue weighted by molar-refractivity contribution is 9.10. The largest absolute Gasteiger partial charge is 0.497 e. The van der Waals surface area contributed by atoms with Crippen LogP contribution in [0.3, 0.4) is 0 Å². The number of ether oxygens (including phenoxy) is 2. The molecule has 0 radical (unpaired) electrons. The Kier molecular flexibility index (Phi) is 10.0. The smallest absolute Gasteiger partial charge is 0.264 e. The van der Waals surface area contributed by atoms with Crippen molar-refractivity contribution in [1.82, 2.24) is 4.90 Å². The van der Waals surface area contributed by atoms with E-state index in [2.05, 4.69) is 54.1 Å². The Bertz CT molecular complexity index is 2140. The van der Waals surface area contributed by atoms with Crippen LogP contribution in [-0.2, 0) is 44.2 Å². The molecule has 5 atom stereocenters. The summed E-state index contributed by atoms with van der Waals surface area (Å²) >= 11 is 3.70. The fourth-order valence-electron chi connectivity index (χ4n) is 9.90. The van der Waals surface area contributed by atoms with Crippen molar-refractivity contribution in [2.75, 3.05) is 30.1 Å². The molecule has 3 amide bonds. The van der Waals surface area contributed by atoms with Gasteiger partial charge in [0.2, 0.25) is 11.8 Å². The van der Waals surface area contributed by atoms with Crippen molar-refractivity contribution in [2.24, 2.45) is 5.92 Å². The van der Waals surface area contributed by atoms with Crippen molar-refractivity contribution >= 4 is 58.3 Å². The number of methoxy groups -OCH3 is 1. The lowest BCUT2D eigenvalue weighted by atomic mass is 9.82. The van der Waals surface area contributed by atoms with Gasteiger partial charge in [-0.05, 0) is 77.5 Å². The summed E-state index contributed by atoms with van der Waals surface area (Å²) in [7, 11) is -0.855. The average molecular weight is 823 g/mol. The minimum atomic E-state index is -2.51. The molecule has 8 rings (SSSR count). The van der Waals surface area contributed by atoms with Gasteiger partial charge in [0.25, 0.3) is 5.91 Å². The van der Waals surface area contributed by atoms with Crippen LogP contribution in [0.2, 0.25) is 18.6 Å². The molecule has 4 aliphatic rings. The van der Waals surface area contributed by atoms with Crippen molar-refractivity contribution in [2.45, 2.75) is 82.1 Å². The molecule has 4 aromatic carbocycles. The highest BCUT2D eigenvalue weighted by Gasteiger charge is 2.66. The van der Waals surface area contributed by atoms with Crippen LogP contribution in [-0.4, -0.2) is 68.2 Å². The summed E-state index contributed by atoms with van der Waals surface area (Å²) in [6.07, 6.45) is 1.48. The number of carbonyl (C=O) groups excluding carboxylic acids is 3. The van der Waals surface area contributed by atoms with Crippen LogP contribution in [0.5, 0.6) is 5.75 Å². The van der Waals surface area contributed by atoms with Gasteiger partial charge in [-0.25, -0.2) is 0 Å². The molecule has 1 spiro atoms. The van der Waals surface area contributed by atoms with E-state index in [1.54, 1.807) is 7.11 Å². The summed E-state index contributed by atoms with van der Waals surface area (Å²) < 4.78 is 13.6. The summed E-state index contributed by atoms with van der Waals surface area (Å²) in [5.41, 5.74) is 4.11. The number of hydrogen-bond donors (Lipinski definition) is 1. The minimum absolute atomic E-state index is 0.0858. The number of fused-ring (bicyclic) bond motifs is 3. The first-order valence-electron chi connectivity index (χ1n) is 19.3. The Balaban J connectivity index is 1.18. The SMILES string of the molecule is COc1ccc([Si](C)(C)[C@@H]2[C@@H](CC(=O)N3Cc4ccccc4C[C@H]3CO)O[C@]3(C(=O)N(Cc4cccc(N5CCCC5=O)c4)c4ccc(Br)cc43)[C@H]2C)cc1. The van der Waals surface area contributed by atoms with Crippen LogP contribution < -0.4 is 19.7 Å². The monoisotopic (exact) mass is 821 g/mol. The van der Waals surface area contributed by atoms with Gasteiger partial charge in [0.1, 0.15) is 5.75 Å². The number of halogens is 1. The molecule has 11 heteroatoms. The second-order valence-electron chi connectivity index (χ2n) is 16.1. The molecule has 0 aliphatic carbocycles. The fraction of sp³-hybridized carbons (Fsp3) is 0.386. The van der Waals surface area contributed by atoms with Crippen LogP contribution in [0.25, 0.3) is 0 Å². The quantitative estimate of drug-likeness (QED) is 0.189. The lowest BCUT2D eigenvalue weighted by Gasteiger charge is -2.39.